The number of ether oxygens (including phenoxy) is 1. The molecule has 2 rings (SSSR count). The van der Waals surface area contributed by atoms with Crippen molar-refractivity contribution in [1.29, 1.82) is 10.5 Å². The van der Waals surface area contributed by atoms with E-state index in [-0.39, 0.29) is 28.6 Å². The largest absolute Gasteiger partial charge is 0.491 e. The second-order valence-electron chi connectivity index (χ2n) is 6.44. The highest BCUT2D eigenvalue weighted by Gasteiger charge is 2.19. The standard InChI is InChI=1S/C19H21N5O2/c1-11(2)26-16-6-5-12(7-13(16)10-24(3)4)17-14(8-20)18(22)23-19(25)15(17)9-21/h5-7,11H,10H2,1-4H3,(H3,22,23,25). The average Bonchev–Trinajstić information content (AvgIpc) is 2.55. The highest BCUT2D eigenvalue weighted by molar-refractivity contribution is 5.80. The van der Waals surface area contributed by atoms with Crippen LogP contribution in [0.2, 0.25) is 0 Å². The highest BCUT2D eigenvalue weighted by Crippen LogP contribution is 2.32. The molecule has 26 heavy (non-hydrogen) atoms. The van der Waals surface area contributed by atoms with E-state index in [1.165, 1.54) is 0 Å². The second-order valence-corrected chi connectivity index (χ2v) is 6.44. The molecule has 0 amide bonds. The number of nitrogen functional groups attached to an aromatic ring is 1. The number of anilines is 1. The number of nitrogens with zero attached hydrogens (tertiary/aromatic N) is 3. The molecule has 0 bridgehead atoms. The molecule has 3 N–H and O–H groups in total. The predicted molar refractivity (Wildman–Crippen MR) is 99.5 cm³/mol. The Labute approximate surface area is 152 Å². The SMILES string of the molecule is CC(C)Oc1ccc(-c2c(C#N)c(N)[nH]c(=O)c2C#N)cc1CN(C)C. The van der Waals surface area contributed by atoms with Gasteiger partial charge < -0.3 is 20.4 Å². The van der Waals surface area contributed by atoms with E-state index >= 15 is 0 Å². The highest BCUT2D eigenvalue weighted by atomic mass is 16.5. The third-order valence-electron chi connectivity index (χ3n) is 3.67. The first kappa shape index (κ1) is 19.0. The molecular formula is C19H21N5O2. The summed E-state index contributed by atoms with van der Waals surface area (Å²) in [6, 6.07) is 9.20. The summed E-state index contributed by atoms with van der Waals surface area (Å²) in [7, 11) is 3.86. The molecule has 0 fully saturated rings. The molecule has 0 spiro atoms. The summed E-state index contributed by atoms with van der Waals surface area (Å²) < 4.78 is 5.85. The molecule has 1 heterocycles. The molecule has 0 aliphatic rings. The molecule has 0 radical (unpaired) electrons. The topological polar surface area (TPSA) is 119 Å². The van der Waals surface area contributed by atoms with Gasteiger partial charge in [0.15, 0.2) is 0 Å². The van der Waals surface area contributed by atoms with Gasteiger partial charge in [-0.05, 0) is 45.6 Å². The lowest BCUT2D eigenvalue weighted by atomic mass is 9.95. The zero-order valence-electron chi connectivity index (χ0n) is 15.3. The fourth-order valence-corrected chi connectivity index (χ4v) is 2.70. The van der Waals surface area contributed by atoms with Gasteiger partial charge in [0, 0.05) is 17.7 Å². The number of pyridine rings is 1. The maximum absolute atomic E-state index is 12.1. The van der Waals surface area contributed by atoms with Crippen LogP contribution in [0.5, 0.6) is 5.75 Å². The Bertz CT molecular complexity index is 962. The van der Waals surface area contributed by atoms with Crippen LogP contribution in [-0.4, -0.2) is 30.1 Å². The number of benzene rings is 1. The van der Waals surface area contributed by atoms with Gasteiger partial charge in [-0.15, -0.1) is 0 Å². The fraction of sp³-hybridized carbons (Fsp3) is 0.316. The molecule has 0 atom stereocenters. The van der Waals surface area contributed by atoms with Crippen molar-refractivity contribution in [3.05, 3.63) is 45.2 Å². The third-order valence-corrected chi connectivity index (χ3v) is 3.67. The van der Waals surface area contributed by atoms with E-state index in [2.05, 4.69) is 4.98 Å². The maximum atomic E-state index is 12.1. The molecular weight excluding hydrogens is 330 g/mol. The quantitative estimate of drug-likeness (QED) is 0.852. The number of rotatable bonds is 5. The van der Waals surface area contributed by atoms with Gasteiger partial charge in [0.1, 0.15) is 34.8 Å². The van der Waals surface area contributed by atoms with E-state index in [9.17, 15) is 15.3 Å². The lowest BCUT2D eigenvalue weighted by molar-refractivity contribution is 0.236. The van der Waals surface area contributed by atoms with Gasteiger partial charge in [-0.25, -0.2) is 0 Å². The van der Waals surface area contributed by atoms with E-state index in [1.807, 2.05) is 51.0 Å². The van der Waals surface area contributed by atoms with Crippen molar-refractivity contribution < 1.29 is 4.74 Å². The Hall–Kier alpha value is -3.29. The van der Waals surface area contributed by atoms with Crippen LogP contribution in [0.3, 0.4) is 0 Å². The van der Waals surface area contributed by atoms with Crippen molar-refractivity contribution >= 4 is 5.82 Å². The van der Waals surface area contributed by atoms with Crippen molar-refractivity contribution in [2.24, 2.45) is 0 Å². The number of H-pyrrole nitrogens is 1. The van der Waals surface area contributed by atoms with Crippen LogP contribution in [0.25, 0.3) is 11.1 Å². The Balaban J connectivity index is 2.76. The van der Waals surface area contributed by atoms with Gasteiger partial charge in [-0.3, -0.25) is 4.79 Å². The van der Waals surface area contributed by atoms with E-state index in [1.54, 1.807) is 12.1 Å². The molecule has 2 aromatic rings. The van der Waals surface area contributed by atoms with Gasteiger partial charge in [0.25, 0.3) is 5.56 Å². The Kier molecular flexibility index (Phi) is 5.66. The monoisotopic (exact) mass is 351 g/mol. The van der Waals surface area contributed by atoms with Crippen LogP contribution in [0, 0.1) is 22.7 Å². The Morgan fingerprint density at radius 1 is 1.23 bits per heavy atom. The minimum atomic E-state index is -0.615. The third kappa shape index (κ3) is 3.85. The average molecular weight is 351 g/mol. The van der Waals surface area contributed by atoms with Crippen molar-refractivity contribution in [3.8, 4) is 29.0 Å². The number of nitrogens with two attached hydrogens (primary N) is 1. The van der Waals surface area contributed by atoms with Crippen LogP contribution in [0.4, 0.5) is 5.82 Å². The van der Waals surface area contributed by atoms with E-state index < -0.39 is 5.56 Å². The summed E-state index contributed by atoms with van der Waals surface area (Å²) in [5, 5.41) is 18.9. The molecule has 1 aromatic carbocycles. The van der Waals surface area contributed by atoms with Crippen LogP contribution in [0.1, 0.15) is 30.5 Å². The molecule has 0 unspecified atom stereocenters. The molecule has 0 saturated heterocycles. The van der Waals surface area contributed by atoms with Crippen LogP contribution < -0.4 is 16.0 Å². The van der Waals surface area contributed by atoms with Gasteiger partial charge in [-0.1, -0.05) is 6.07 Å². The lowest BCUT2D eigenvalue weighted by Crippen LogP contribution is -2.17. The van der Waals surface area contributed by atoms with E-state index in [0.29, 0.717) is 17.9 Å². The first-order valence-electron chi connectivity index (χ1n) is 8.09. The molecule has 7 nitrogen and oxygen atoms in total. The number of aromatic nitrogens is 1. The molecule has 134 valence electrons. The van der Waals surface area contributed by atoms with Crippen LogP contribution in [-0.2, 0) is 6.54 Å². The summed E-state index contributed by atoms with van der Waals surface area (Å²) in [5.41, 5.74) is 6.81. The number of nitrogens with one attached hydrogen (secondary N) is 1. The fourth-order valence-electron chi connectivity index (χ4n) is 2.70. The summed E-state index contributed by atoms with van der Waals surface area (Å²) in [6.45, 7) is 4.47. The predicted octanol–water partition coefficient (Wildman–Crippen LogP) is 2.22. The molecule has 0 aliphatic carbocycles. The summed E-state index contributed by atoms with van der Waals surface area (Å²) in [6.07, 6.45) is 0.00122. The lowest BCUT2D eigenvalue weighted by Gasteiger charge is -2.19. The normalized spacial score (nSPS) is 10.6. The van der Waals surface area contributed by atoms with Crippen molar-refractivity contribution in [2.75, 3.05) is 19.8 Å². The summed E-state index contributed by atoms with van der Waals surface area (Å²) in [4.78, 5) is 16.4. The van der Waals surface area contributed by atoms with E-state index in [0.717, 1.165) is 5.56 Å². The summed E-state index contributed by atoms with van der Waals surface area (Å²) >= 11 is 0. The van der Waals surface area contributed by atoms with Crippen LogP contribution in [0.15, 0.2) is 23.0 Å². The number of hydrogen-bond acceptors (Lipinski definition) is 6. The van der Waals surface area contributed by atoms with Crippen molar-refractivity contribution in [3.63, 3.8) is 0 Å². The smallest absolute Gasteiger partial charge is 0.268 e. The zero-order chi connectivity index (χ0) is 19.4. The second kappa shape index (κ2) is 7.73. The number of aromatic amines is 1. The molecule has 0 saturated carbocycles. The van der Waals surface area contributed by atoms with Crippen molar-refractivity contribution in [2.45, 2.75) is 26.5 Å². The molecule has 0 aliphatic heterocycles. The van der Waals surface area contributed by atoms with Crippen molar-refractivity contribution in [1.82, 2.24) is 9.88 Å². The maximum Gasteiger partial charge on any atom is 0.268 e. The van der Waals surface area contributed by atoms with Crippen LogP contribution >= 0.6 is 0 Å². The Morgan fingerprint density at radius 3 is 2.42 bits per heavy atom. The first-order chi connectivity index (χ1) is 12.3. The van der Waals surface area contributed by atoms with Gasteiger partial charge in [-0.2, -0.15) is 10.5 Å². The minimum Gasteiger partial charge on any atom is -0.491 e. The molecule has 1 aromatic heterocycles. The van der Waals surface area contributed by atoms with Gasteiger partial charge in [0.05, 0.1) is 6.10 Å². The number of hydrogen-bond donors (Lipinski definition) is 2. The first-order valence-corrected chi connectivity index (χ1v) is 8.09. The zero-order valence-corrected chi connectivity index (χ0v) is 15.3. The summed E-state index contributed by atoms with van der Waals surface area (Å²) in [5.74, 6) is 0.662. The Morgan fingerprint density at radius 2 is 1.88 bits per heavy atom. The molecule has 7 heteroatoms. The van der Waals surface area contributed by atoms with Gasteiger partial charge in [0.2, 0.25) is 0 Å². The van der Waals surface area contributed by atoms with E-state index in [4.69, 9.17) is 10.5 Å². The number of nitriles is 2. The van der Waals surface area contributed by atoms with Gasteiger partial charge >= 0.3 is 0 Å². The minimum absolute atomic E-state index is 0.00122.